The first-order chi connectivity index (χ1) is 9.63. The van der Waals surface area contributed by atoms with E-state index >= 15 is 0 Å². The van der Waals surface area contributed by atoms with Gasteiger partial charge in [-0.15, -0.1) is 0 Å². The fraction of sp³-hybridized carbons (Fsp3) is 0.500. The summed E-state index contributed by atoms with van der Waals surface area (Å²) in [4.78, 5) is 14.2. The predicted molar refractivity (Wildman–Crippen MR) is 76.7 cm³/mol. The van der Waals surface area contributed by atoms with Crippen LogP contribution in [-0.2, 0) is 4.74 Å². The molecule has 1 unspecified atom stereocenters. The Hall–Kier alpha value is -1.89. The van der Waals surface area contributed by atoms with Crippen molar-refractivity contribution in [3.63, 3.8) is 0 Å². The summed E-state index contributed by atoms with van der Waals surface area (Å²) < 4.78 is 19.2. The van der Waals surface area contributed by atoms with E-state index in [0.717, 1.165) is 24.2 Å². The molecular weight excluding hydrogens is 278 g/mol. The maximum absolute atomic E-state index is 13.7. The van der Waals surface area contributed by atoms with Gasteiger partial charge in [0.15, 0.2) is 0 Å². The number of hydrogen-bond acceptors (Lipinski definition) is 5. The second kappa shape index (κ2) is 6.26. The number of halogens is 2. The molecule has 3 rings (SSSR count). The zero-order valence-electron chi connectivity index (χ0n) is 12.0. The van der Waals surface area contributed by atoms with Crippen LogP contribution in [0, 0.1) is 18.9 Å². The van der Waals surface area contributed by atoms with Gasteiger partial charge in [-0.2, -0.15) is 9.37 Å². The molecule has 3 heterocycles. The van der Waals surface area contributed by atoms with E-state index in [9.17, 15) is 4.39 Å². The van der Waals surface area contributed by atoms with Crippen LogP contribution in [0.2, 0.25) is 0 Å². The minimum atomic E-state index is -0.698. The Labute approximate surface area is 121 Å². The van der Waals surface area contributed by atoms with Gasteiger partial charge in [-0.05, 0) is 18.9 Å². The van der Waals surface area contributed by atoms with Gasteiger partial charge >= 0.3 is 6.08 Å². The molecule has 2 aromatic heterocycles. The van der Waals surface area contributed by atoms with E-state index in [-0.39, 0.29) is 4.70 Å². The molecule has 0 aliphatic carbocycles. The Bertz CT molecular complexity index is 632. The summed E-state index contributed by atoms with van der Waals surface area (Å²) in [5, 5.41) is 0.783. The molecule has 0 aromatic carbocycles. The van der Waals surface area contributed by atoms with Gasteiger partial charge in [0.1, 0.15) is 5.82 Å². The molecule has 0 amide bonds. The zero-order valence-corrected chi connectivity index (χ0v) is 12.0. The maximum Gasteiger partial charge on any atom is 0.311 e. The van der Waals surface area contributed by atoms with Crippen LogP contribution in [0.3, 0.4) is 0 Å². The number of hydrogen-bond donors (Lipinski definition) is 0. The van der Waals surface area contributed by atoms with Crippen LogP contribution in [0.1, 0.15) is 12.6 Å². The molecule has 0 radical (unpaired) electrons. The van der Waals surface area contributed by atoms with Crippen molar-refractivity contribution in [2.45, 2.75) is 13.8 Å². The molecule has 0 saturated carbocycles. The monoisotopic (exact) mass is 296 g/mol. The summed E-state index contributed by atoms with van der Waals surface area (Å²) in [6.07, 6.45) is 1.02. The molecule has 0 N–H and O–H groups in total. The van der Waals surface area contributed by atoms with Crippen LogP contribution in [0.4, 0.5) is 14.9 Å². The van der Waals surface area contributed by atoms with Crippen LogP contribution in [0.25, 0.3) is 10.9 Å². The van der Waals surface area contributed by atoms with Gasteiger partial charge in [-0.25, -0.2) is 4.98 Å². The second-order valence-electron chi connectivity index (χ2n) is 5.29. The lowest BCUT2D eigenvalue weighted by atomic mass is 10.2. The molecule has 1 aliphatic heterocycles. The molecule has 7 heteroatoms. The smallest absolute Gasteiger partial charge is 0.311 e. The molecule has 2 aromatic rings. The minimum absolute atomic E-state index is 0. The quantitative estimate of drug-likeness (QED) is 0.754. The Balaban J connectivity index is 0.00000161. The Kier molecular flexibility index (Phi) is 4.62. The van der Waals surface area contributed by atoms with Gasteiger partial charge in [0.2, 0.25) is 0 Å². The van der Waals surface area contributed by atoms with Crippen LogP contribution >= 0.6 is 0 Å². The summed E-state index contributed by atoms with van der Waals surface area (Å²) in [7, 11) is 0. The highest BCUT2D eigenvalue weighted by Gasteiger charge is 2.20. The van der Waals surface area contributed by atoms with E-state index in [0.29, 0.717) is 30.4 Å². The Morgan fingerprint density at radius 1 is 1.38 bits per heavy atom. The van der Waals surface area contributed by atoms with Crippen LogP contribution in [0.5, 0.6) is 0 Å². The summed E-state index contributed by atoms with van der Waals surface area (Å²) in [5.74, 6) is 0.987. The van der Waals surface area contributed by atoms with Crippen molar-refractivity contribution in [1.29, 1.82) is 0 Å². The van der Waals surface area contributed by atoms with Crippen molar-refractivity contribution in [2.24, 2.45) is 5.92 Å². The predicted octanol–water partition coefficient (Wildman–Crippen LogP) is 2.10. The summed E-state index contributed by atoms with van der Waals surface area (Å²) >= 11 is 0. The lowest BCUT2D eigenvalue weighted by molar-refractivity contribution is 0.129. The lowest BCUT2D eigenvalue weighted by Gasteiger charge is -2.24. The number of fused-ring (bicyclic) bond motifs is 1. The third kappa shape index (κ3) is 3.24. The highest BCUT2D eigenvalue weighted by molar-refractivity contribution is 5.88. The fourth-order valence-electron chi connectivity index (χ4n) is 2.50. The van der Waals surface area contributed by atoms with Gasteiger partial charge in [0.25, 0.3) is 0 Å². The average molecular weight is 296 g/mol. The number of anilines is 1. The van der Waals surface area contributed by atoms with Crippen molar-refractivity contribution in [3.05, 3.63) is 24.0 Å². The van der Waals surface area contributed by atoms with E-state index < -0.39 is 6.08 Å². The largest absolute Gasteiger partial charge is 0.379 e. The van der Waals surface area contributed by atoms with Gasteiger partial charge in [0.05, 0.1) is 24.1 Å². The molecular formula is C14H18F2N4O. The Morgan fingerprint density at radius 2 is 2.19 bits per heavy atom. The number of aromatic nitrogens is 3. The molecule has 1 saturated heterocycles. The number of nitrogens with zero attached hydrogens (tertiary/aromatic N) is 4. The van der Waals surface area contributed by atoms with E-state index in [1.165, 1.54) is 0 Å². The number of aryl methyl sites for hydroxylation is 1. The van der Waals surface area contributed by atoms with Crippen molar-refractivity contribution in [3.8, 4) is 0 Å². The second-order valence-corrected chi connectivity index (χ2v) is 5.29. The van der Waals surface area contributed by atoms with Gasteiger partial charge in [-0.1, -0.05) is 6.92 Å². The zero-order chi connectivity index (χ0) is 14.1. The van der Waals surface area contributed by atoms with Crippen molar-refractivity contribution in [2.75, 3.05) is 31.2 Å². The van der Waals surface area contributed by atoms with Gasteiger partial charge in [-0.3, -0.25) is 9.69 Å². The van der Waals surface area contributed by atoms with E-state index in [2.05, 4.69) is 26.8 Å². The first-order valence-electron chi connectivity index (χ1n) is 6.76. The third-order valence-corrected chi connectivity index (χ3v) is 3.41. The molecule has 1 aliphatic rings. The summed E-state index contributed by atoms with van der Waals surface area (Å²) in [6.45, 7) is 6.81. The minimum Gasteiger partial charge on any atom is -0.379 e. The molecule has 0 spiro atoms. The highest BCUT2D eigenvalue weighted by Crippen LogP contribution is 2.25. The summed E-state index contributed by atoms with van der Waals surface area (Å²) in [6, 6.07) is 1.78. The molecule has 5 nitrogen and oxygen atoms in total. The molecule has 1 fully saturated rings. The average Bonchev–Trinajstić information content (AvgIpc) is 2.62. The highest BCUT2D eigenvalue weighted by atomic mass is 19.1. The van der Waals surface area contributed by atoms with Crippen molar-refractivity contribution >= 4 is 16.7 Å². The Morgan fingerprint density at radius 3 is 3.00 bits per heavy atom. The van der Waals surface area contributed by atoms with Crippen LogP contribution in [0.15, 0.2) is 12.3 Å². The summed E-state index contributed by atoms with van der Waals surface area (Å²) in [5.41, 5.74) is 1.41. The topological polar surface area (TPSA) is 51.1 Å². The number of pyridine rings is 1. The van der Waals surface area contributed by atoms with Crippen molar-refractivity contribution < 1.29 is 13.8 Å². The van der Waals surface area contributed by atoms with Gasteiger partial charge in [0, 0.05) is 25.0 Å². The molecule has 21 heavy (non-hydrogen) atoms. The number of ether oxygens (including phenoxy) is 1. The first-order valence-corrected chi connectivity index (χ1v) is 6.76. The molecule has 0 bridgehead atoms. The molecule has 1 atom stereocenters. The SMILES string of the molecule is Cc1cc2nc(F)nc(N3CCOCC(C)C3)c2cn1.F. The lowest BCUT2D eigenvalue weighted by Crippen LogP contribution is -2.30. The third-order valence-electron chi connectivity index (χ3n) is 3.41. The number of rotatable bonds is 1. The van der Waals surface area contributed by atoms with Crippen LogP contribution < -0.4 is 4.90 Å². The van der Waals surface area contributed by atoms with Crippen molar-refractivity contribution in [1.82, 2.24) is 15.0 Å². The normalized spacial score (nSPS) is 19.2. The van der Waals surface area contributed by atoms with E-state index in [1.807, 2.05) is 6.92 Å². The van der Waals surface area contributed by atoms with Crippen LogP contribution in [-0.4, -0.2) is 41.3 Å². The standard InChI is InChI=1S/C14H17FN4O.FH/c1-9-7-19(3-4-20-8-9)13-11-6-16-10(2)5-12(11)17-14(15)18-13;/h5-6,9H,3-4,7-8H2,1-2H3;1H. The van der Waals surface area contributed by atoms with E-state index in [1.54, 1.807) is 12.3 Å². The first kappa shape index (κ1) is 15.5. The molecule has 114 valence electrons. The fourth-order valence-corrected chi connectivity index (χ4v) is 2.50. The van der Waals surface area contributed by atoms with E-state index in [4.69, 9.17) is 4.74 Å². The van der Waals surface area contributed by atoms with Gasteiger partial charge < -0.3 is 9.64 Å². The maximum atomic E-state index is 13.7.